The minimum Gasteiger partial charge on any atom is -0.503 e. The third-order valence-corrected chi connectivity index (χ3v) is 8.54. The maximum atomic E-state index is 13.9. The SMILES string of the molecule is CCOc1ccc(C2C(C(=O)c3sc(C)nc3C)=C(O)C(=O)N2c2nc3c(C)cc(C)cc3s2)cc1OCC. The molecule has 4 aromatic rings. The number of rotatable bonds is 8. The van der Waals surface area contributed by atoms with Crippen molar-refractivity contribution in [3.05, 3.63) is 73.9 Å². The lowest BCUT2D eigenvalue weighted by molar-refractivity contribution is -0.117. The third-order valence-electron chi connectivity index (χ3n) is 6.47. The highest BCUT2D eigenvalue weighted by molar-refractivity contribution is 7.22. The summed E-state index contributed by atoms with van der Waals surface area (Å²) >= 11 is 2.59. The highest BCUT2D eigenvalue weighted by Gasteiger charge is 2.46. The Hall–Kier alpha value is -3.76. The molecule has 1 unspecified atom stereocenters. The maximum Gasteiger partial charge on any atom is 0.296 e. The lowest BCUT2D eigenvalue weighted by Crippen LogP contribution is -2.31. The molecular formula is C29H29N3O5S2. The molecule has 0 aliphatic carbocycles. The second-order valence-corrected chi connectivity index (χ2v) is 11.5. The van der Waals surface area contributed by atoms with Gasteiger partial charge in [-0.1, -0.05) is 23.5 Å². The van der Waals surface area contributed by atoms with Crippen molar-refractivity contribution in [3.8, 4) is 11.5 Å². The van der Waals surface area contributed by atoms with Crippen LogP contribution in [-0.2, 0) is 4.79 Å². The molecule has 0 bridgehead atoms. The fourth-order valence-corrected chi connectivity index (χ4v) is 6.96. The number of thiazole rings is 2. The van der Waals surface area contributed by atoms with E-state index in [0.29, 0.717) is 46.0 Å². The molecule has 1 amide bonds. The number of Topliss-reactive ketones (excluding diaryl/α,β-unsaturated/α-hetero) is 1. The molecular weight excluding hydrogens is 534 g/mol. The number of aromatic nitrogens is 2. The first-order valence-electron chi connectivity index (χ1n) is 12.7. The first-order chi connectivity index (χ1) is 18.6. The van der Waals surface area contributed by atoms with Gasteiger partial charge in [0, 0.05) is 0 Å². The van der Waals surface area contributed by atoms with E-state index < -0.39 is 23.5 Å². The number of hydrogen-bond donors (Lipinski definition) is 1. The molecule has 0 saturated heterocycles. The summed E-state index contributed by atoms with van der Waals surface area (Å²) in [5, 5.41) is 12.3. The molecule has 1 aliphatic heterocycles. The van der Waals surface area contributed by atoms with E-state index in [1.165, 1.54) is 27.6 Å². The summed E-state index contributed by atoms with van der Waals surface area (Å²) in [6.07, 6.45) is 0. The van der Waals surface area contributed by atoms with E-state index in [9.17, 15) is 14.7 Å². The van der Waals surface area contributed by atoms with Gasteiger partial charge in [0.05, 0.1) is 50.6 Å². The monoisotopic (exact) mass is 563 g/mol. The Morgan fingerprint density at radius 1 is 1.00 bits per heavy atom. The minimum absolute atomic E-state index is 0.00878. The zero-order valence-corrected chi connectivity index (χ0v) is 24.2. The van der Waals surface area contributed by atoms with Crippen LogP contribution in [0.3, 0.4) is 0 Å². The van der Waals surface area contributed by atoms with Gasteiger partial charge in [-0.25, -0.2) is 9.97 Å². The first-order valence-corrected chi connectivity index (χ1v) is 14.3. The summed E-state index contributed by atoms with van der Waals surface area (Å²) in [5.74, 6) is -0.656. The number of ether oxygens (including phenoxy) is 2. The molecule has 2 aromatic carbocycles. The molecule has 202 valence electrons. The van der Waals surface area contributed by atoms with Gasteiger partial charge in [0.1, 0.15) is 0 Å². The molecule has 1 N–H and O–H groups in total. The van der Waals surface area contributed by atoms with Crippen molar-refractivity contribution in [2.45, 2.75) is 47.6 Å². The fourth-order valence-electron chi connectivity index (χ4n) is 4.91. The Morgan fingerprint density at radius 3 is 2.38 bits per heavy atom. The Kier molecular flexibility index (Phi) is 7.17. The van der Waals surface area contributed by atoms with Crippen LogP contribution in [0.4, 0.5) is 5.13 Å². The molecule has 3 heterocycles. The Labute approximate surface area is 234 Å². The molecule has 10 heteroatoms. The van der Waals surface area contributed by atoms with Crippen molar-refractivity contribution in [2.75, 3.05) is 18.1 Å². The molecule has 1 aliphatic rings. The van der Waals surface area contributed by atoms with Gasteiger partial charge in [0.25, 0.3) is 5.91 Å². The van der Waals surface area contributed by atoms with Crippen LogP contribution in [0.2, 0.25) is 0 Å². The van der Waals surface area contributed by atoms with E-state index in [2.05, 4.69) is 4.98 Å². The molecule has 0 saturated carbocycles. The summed E-state index contributed by atoms with van der Waals surface area (Å²) in [6, 6.07) is 8.44. The zero-order chi connectivity index (χ0) is 28.0. The highest BCUT2D eigenvalue weighted by Crippen LogP contribution is 2.46. The number of fused-ring (bicyclic) bond motifs is 1. The average molecular weight is 564 g/mol. The number of aliphatic hydroxyl groups excluding tert-OH is 1. The van der Waals surface area contributed by atoms with Gasteiger partial charge in [0.15, 0.2) is 22.4 Å². The summed E-state index contributed by atoms with van der Waals surface area (Å²) in [5.41, 5.74) is 3.99. The van der Waals surface area contributed by atoms with Gasteiger partial charge in [-0.2, -0.15) is 0 Å². The normalized spacial score (nSPS) is 15.5. The van der Waals surface area contributed by atoms with Crippen molar-refractivity contribution in [1.29, 1.82) is 0 Å². The van der Waals surface area contributed by atoms with Gasteiger partial charge in [-0.05, 0) is 76.4 Å². The van der Waals surface area contributed by atoms with E-state index in [1.807, 2.05) is 46.8 Å². The standard InChI is InChI=1S/C29H29N3O5S2/c1-7-36-19-10-9-18(13-20(19)37-8-2)24-22(25(33)27-16(5)30-17(6)38-27)26(34)28(35)32(24)29-31-23-15(4)11-14(3)12-21(23)39-29/h9-13,24,34H,7-8H2,1-6H3. The van der Waals surface area contributed by atoms with E-state index in [-0.39, 0.29) is 5.57 Å². The molecule has 0 spiro atoms. The van der Waals surface area contributed by atoms with Crippen molar-refractivity contribution >= 4 is 49.7 Å². The van der Waals surface area contributed by atoms with E-state index >= 15 is 0 Å². The average Bonchev–Trinajstić information content (AvgIpc) is 3.53. The third kappa shape index (κ3) is 4.68. The van der Waals surface area contributed by atoms with Gasteiger partial charge in [-0.15, -0.1) is 11.3 Å². The van der Waals surface area contributed by atoms with Gasteiger partial charge in [0.2, 0.25) is 5.78 Å². The Morgan fingerprint density at radius 2 is 1.72 bits per heavy atom. The predicted molar refractivity (Wildman–Crippen MR) is 154 cm³/mol. The lowest BCUT2D eigenvalue weighted by Gasteiger charge is -2.25. The van der Waals surface area contributed by atoms with Gasteiger partial charge < -0.3 is 14.6 Å². The number of ketones is 1. The quantitative estimate of drug-likeness (QED) is 0.242. The van der Waals surface area contributed by atoms with Crippen molar-refractivity contribution in [1.82, 2.24) is 9.97 Å². The number of hydrogen-bond acceptors (Lipinski definition) is 9. The van der Waals surface area contributed by atoms with Crippen LogP contribution in [0.5, 0.6) is 11.5 Å². The van der Waals surface area contributed by atoms with Crippen LogP contribution in [-0.4, -0.2) is 40.0 Å². The number of aliphatic hydroxyl groups is 1. The highest BCUT2D eigenvalue weighted by atomic mass is 32.1. The van der Waals surface area contributed by atoms with Crippen LogP contribution in [0.25, 0.3) is 10.2 Å². The molecule has 0 radical (unpaired) electrons. The van der Waals surface area contributed by atoms with Crippen molar-refractivity contribution < 1.29 is 24.2 Å². The summed E-state index contributed by atoms with van der Waals surface area (Å²) in [6.45, 7) is 12.2. The van der Waals surface area contributed by atoms with E-state index in [4.69, 9.17) is 14.5 Å². The number of carbonyl (C=O) groups is 2. The van der Waals surface area contributed by atoms with Crippen LogP contribution in [0.15, 0.2) is 41.7 Å². The molecule has 1 atom stereocenters. The van der Waals surface area contributed by atoms with Gasteiger partial charge >= 0.3 is 0 Å². The fraction of sp³-hybridized carbons (Fsp3) is 0.310. The number of aryl methyl sites for hydroxylation is 4. The van der Waals surface area contributed by atoms with Crippen LogP contribution < -0.4 is 14.4 Å². The predicted octanol–water partition coefficient (Wildman–Crippen LogP) is 6.57. The molecule has 0 fully saturated rings. The Bertz CT molecular complexity index is 1650. The molecule has 39 heavy (non-hydrogen) atoms. The van der Waals surface area contributed by atoms with Gasteiger partial charge in [-0.3, -0.25) is 14.5 Å². The molecule has 5 rings (SSSR count). The smallest absolute Gasteiger partial charge is 0.296 e. The lowest BCUT2D eigenvalue weighted by atomic mass is 9.95. The topological polar surface area (TPSA) is 102 Å². The minimum atomic E-state index is -0.927. The van der Waals surface area contributed by atoms with E-state index in [1.54, 1.807) is 25.1 Å². The second-order valence-electron chi connectivity index (χ2n) is 9.31. The zero-order valence-electron chi connectivity index (χ0n) is 22.6. The van der Waals surface area contributed by atoms with Crippen LogP contribution in [0.1, 0.15) is 57.0 Å². The molecule has 2 aromatic heterocycles. The van der Waals surface area contributed by atoms with Crippen LogP contribution in [0, 0.1) is 27.7 Å². The van der Waals surface area contributed by atoms with E-state index in [0.717, 1.165) is 26.4 Å². The summed E-state index contributed by atoms with van der Waals surface area (Å²) in [4.78, 5) is 38.6. The Balaban J connectivity index is 1.71. The number of nitrogens with zero attached hydrogens (tertiary/aromatic N) is 3. The summed E-state index contributed by atoms with van der Waals surface area (Å²) < 4.78 is 12.5. The van der Waals surface area contributed by atoms with Crippen LogP contribution >= 0.6 is 22.7 Å². The van der Waals surface area contributed by atoms with Crippen molar-refractivity contribution in [3.63, 3.8) is 0 Å². The van der Waals surface area contributed by atoms with Crippen molar-refractivity contribution in [2.24, 2.45) is 0 Å². The largest absolute Gasteiger partial charge is 0.503 e. The number of anilines is 1. The maximum absolute atomic E-state index is 13.9. The number of benzene rings is 2. The first kappa shape index (κ1) is 26.8. The molecule has 8 nitrogen and oxygen atoms in total. The second kappa shape index (κ2) is 10.4. The number of amides is 1. The summed E-state index contributed by atoms with van der Waals surface area (Å²) in [7, 11) is 0. The number of carbonyl (C=O) groups excluding carboxylic acids is 2.